The molecule has 2 N–H and O–H groups in total. The number of hydrogen-bond acceptors (Lipinski definition) is 5. The van der Waals surface area contributed by atoms with Crippen molar-refractivity contribution in [2.45, 2.75) is 38.6 Å². The van der Waals surface area contributed by atoms with Gasteiger partial charge in [-0.15, -0.1) is 0 Å². The summed E-state index contributed by atoms with van der Waals surface area (Å²) in [5, 5.41) is 2.92. The zero-order valence-corrected chi connectivity index (χ0v) is 17.4. The molecule has 0 spiro atoms. The van der Waals surface area contributed by atoms with E-state index in [0.29, 0.717) is 45.8 Å². The second-order valence-corrected chi connectivity index (χ2v) is 8.24. The summed E-state index contributed by atoms with van der Waals surface area (Å²) < 4.78 is 5.34. The van der Waals surface area contributed by atoms with Gasteiger partial charge < -0.3 is 19.9 Å². The third kappa shape index (κ3) is 4.82. The molecule has 0 atom stereocenters. The molecule has 1 aromatic heterocycles. The zero-order chi connectivity index (χ0) is 20.9. The molecule has 2 aliphatic heterocycles. The highest BCUT2D eigenvalue weighted by Crippen LogP contribution is 2.21. The number of allylic oxidation sites excluding steroid dienone is 1. The third-order valence-corrected chi connectivity index (χ3v) is 6.19. The van der Waals surface area contributed by atoms with E-state index in [1.807, 2.05) is 4.90 Å². The van der Waals surface area contributed by atoms with E-state index in [0.717, 1.165) is 43.5 Å². The molecule has 1 saturated heterocycles. The molecule has 1 aromatic rings. The lowest BCUT2D eigenvalue weighted by Gasteiger charge is -2.32. The van der Waals surface area contributed by atoms with Gasteiger partial charge in [0.1, 0.15) is 5.56 Å². The number of nitrogens with zero attached hydrogens (tertiary/aromatic N) is 2. The average molecular weight is 415 g/mol. The van der Waals surface area contributed by atoms with Crippen molar-refractivity contribution in [2.24, 2.45) is 0 Å². The fraction of sp³-hybridized carbons (Fsp3) is 0.591. The Kier molecular flexibility index (Phi) is 6.64. The Morgan fingerprint density at radius 2 is 1.97 bits per heavy atom. The molecule has 0 aromatic carbocycles. The molecule has 30 heavy (non-hydrogen) atoms. The lowest BCUT2D eigenvalue weighted by atomic mass is 9.96. The van der Waals surface area contributed by atoms with Crippen molar-refractivity contribution in [1.82, 2.24) is 20.1 Å². The SMILES string of the molecule is O=C(NCC1=CCCCC1)c1c2c(c[nH]c1=O)CN(C(=O)CN1CCOCC1)CC2. The second kappa shape index (κ2) is 9.57. The van der Waals surface area contributed by atoms with Crippen LogP contribution in [0.3, 0.4) is 0 Å². The van der Waals surface area contributed by atoms with Crippen LogP contribution < -0.4 is 10.9 Å². The quantitative estimate of drug-likeness (QED) is 0.696. The number of rotatable bonds is 5. The number of fused-ring (bicyclic) bond motifs is 1. The fourth-order valence-electron chi connectivity index (χ4n) is 4.42. The minimum absolute atomic E-state index is 0.0731. The topological polar surface area (TPSA) is 94.7 Å². The minimum Gasteiger partial charge on any atom is -0.379 e. The number of H-pyrrole nitrogens is 1. The number of morpholine rings is 1. The summed E-state index contributed by atoms with van der Waals surface area (Å²) in [5.74, 6) is -0.253. The first kappa shape index (κ1) is 20.8. The summed E-state index contributed by atoms with van der Waals surface area (Å²) in [4.78, 5) is 44.6. The molecule has 8 heteroatoms. The van der Waals surface area contributed by atoms with E-state index in [9.17, 15) is 14.4 Å². The standard InChI is InChI=1S/C22H30N4O4/c27-19(15-25-8-10-30-11-9-25)26-7-6-18-17(14-26)13-24-22(29)20(18)21(28)23-12-16-4-2-1-3-5-16/h4,13H,1-3,5-12,14-15H2,(H,23,28)(H,24,29). The van der Waals surface area contributed by atoms with E-state index in [2.05, 4.69) is 21.3 Å². The Balaban J connectivity index is 1.42. The highest BCUT2D eigenvalue weighted by Gasteiger charge is 2.27. The van der Waals surface area contributed by atoms with Gasteiger partial charge in [-0.05, 0) is 43.2 Å². The zero-order valence-electron chi connectivity index (χ0n) is 17.4. The van der Waals surface area contributed by atoms with Gasteiger partial charge in [0.2, 0.25) is 5.91 Å². The van der Waals surface area contributed by atoms with Crippen LogP contribution in [0.25, 0.3) is 0 Å². The van der Waals surface area contributed by atoms with Gasteiger partial charge in [0.25, 0.3) is 11.5 Å². The molecule has 1 fully saturated rings. The van der Waals surface area contributed by atoms with E-state index in [1.165, 1.54) is 12.0 Å². The number of carbonyl (C=O) groups is 2. The fourth-order valence-corrected chi connectivity index (χ4v) is 4.42. The number of aromatic amines is 1. The normalized spacial score (nSPS) is 19.7. The highest BCUT2D eigenvalue weighted by atomic mass is 16.5. The van der Waals surface area contributed by atoms with Crippen LogP contribution in [0.4, 0.5) is 0 Å². The Labute approximate surface area is 176 Å². The first-order chi connectivity index (χ1) is 14.6. The number of nitrogens with one attached hydrogen (secondary N) is 2. The summed E-state index contributed by atoms with van der Waals surface area (Å²) in [6, 6.07) is 0. The van der Waals surface area contributed by atoms with Crippen molar-refractivity contribution in [1.29, 1.82) is 0 Å². The molecular weight excluding hydrogens is 384 g/mol. The van der Waals surface area contributed by atoms with Gasteiger partial charge >= 0.3 is 0 Å². The first-order valence-corrected chi connectivity index (χ1v) is 10.9. The molecule has 1 aliphatic carbocycles. The van der Waals surface area contributed by atoms with Crippen LogP contribution in [0, 0.1) is 0 Å². The summed E-state index contributed by atoms with van der Waals surface area (Å²) in [7, 11) is 0. The molecule has 2 amide bonds. The maximum atomic E-state index is 12.8. The van der Waals surface area contributed by atoms with E-state index in [1.54, 1.807) is 6.20 Å². The van der Waals surface area contributed by atoms with Gasteiger partial charge in [0, 0.05) is 38.9 Å². The molecular formula is C22H30N4O4. The molecule has 3 aliphatic rings. The third-order valence-electron chi connectivity index (χ3n) is 6.19. The first-order valence-electron chi connectivity index (χ1n) is 10.9. The smallest absolute Gasteiger partial charge is 0.261 e. The minimum atomic E-state index is -0.364. The van der Waals surface area contributed by atoms with Crippen molar-refractivity contribution >= 4 is 11.8 Å². The van der Waals surface area contributed by atoms with E-state index in [4.69, 9.17) is 4.74 Å². The van der Waals surface area contributed by atoms with Gasteiger partial charge in [0.15, 0.2) is 0 Å². The number of pyridine rings is 1. The molecule has 8 nitrogen and oxygen atoms in total. The van der Waals surface area contributed by atoms with Gasteiger partial charge in [-0.25, -0.2) is 0 Å². The number of amides is 2. The summed E-state index contributed by atoms with van der Waals surface area (Å²) in [6.45, 7) is 4.66. The van der Waals surface area contributed by atoms with Gasteiger partial charge in [-0.1, -0.05) is 11.6 Å². The van der Waals surface area contributed by atoms with Crippen LogP contribution in [-0.2, 0) is 22.5 Å². The second-order valence-electron chi connectivity index (χ2n) is 8.24. The van der Waals surface area contributed by atoms with Crippen LogP contribution in [0.15, 0.2) is 22.6 Å². The van der Waals surface area contributed by atoms with E-state index in [-0.39, 0.29) is 22.9 Å². The summed E-state index contributed by atoms with van der Waals surface area (Å²) >= 11 is 0. The lowest BCUT2D eigenvalue weighted by molar-refractivity contribution is -0.134. The van der Waals surface area contributed by atoms with Crippen LogP contribution in [0.1, 0.15) is 47.2 Å². The molecule has 0 radical (unpaired) electrons. The van der Waals surface area contributed by atoms with Crippen molar-refractivity contribution in [3.8, 4) is 0 Å². The van der Waals surface area contributed by atoms with Crippen molar-refractivity contribution in [2.75, 3.05) is 45.9 Å². The molecule has 4 rings (SSSR count). The molecule has 3 heterocycles. The highest BCUT2D eigenvalue weighted by molar-refractivity contribution is 5.96. The van der Waals surface area contributed by atoms with E-state index >= 15 is 0 Å². The Hall–Kier alpha value is -2.45. The maximum absolute atomic E-state index is 12.8. The van der Waals surface area contributed by atoms with Crippen molar-refractivity contribution in [3.63, 3.8) is 0 Å². The van der Waals surface area contributed by atoms with Gasteiger partial charge in [-0.3, -0.25) is 19.3 Å². The molecule has 0 unspecified atom stereocenters. The monoisotopic (exact) mass is 414 g/mol. The Morgan fingerprint density at radius 3 is 2.73 bits per heavy atom. The molecule has 0 bridgehead atoms. The molecule has 0 saturated carbocycles. The average Bonchev–Trinajstić information content (AvgIpc) is 2.78. The maximum Gasteiger partial charge on any atom is 0.261 e. The van der Waals surface area contributed by atoms with E-state index < -0.39 is 0 Å². The summed E-state index contributed by atoms with van der Waals surface area (Å²) in [6.07, 6.45) is 8.75. The number of aromatic nitrogens is 1. The lowest BCUT2D eigenvalue weighted by Crippen LogP contribution is -2.46. The van der Waals surface area contributed by atoms with Crippen molar-refractivity contribution < 1.29 is 14.3 Å². The predicted molar refractivity (Wildman–Crippen MR) is 112 cm³/mol. The van der Waals surface area contributed by atoms with Crippen LogP contribution in [-0.4, -0.2) is 72.5 Å². The van der Waals surface area contributed by atoms with Crippen LogP contribution in [0.5, 0.6) is 0 Å². The van der Waals surface area contributed by atoms with Gasteiger partial charge in [-0.2, -0.15) is 0 Å². The predicted octanol–water partition coefficient (Wildman–Crippen LogP) is 0.822. The number of hydrogen-bond donors (Lipinski definition) is 2. The Bertz CT molecular complexity index is 886. The molecule has 162 valence electrons. The number of ether oxygens (including phenoxy) is 1. The number of carbonyl (C=O) groups excluding carboxylic acids is 2. The van der Waals surface area contributed by atoms with Crippen LogP contribution >= 0.6 is 0 Å². The summed E-state index contributed by atoms with van der Waals surface area (Å²) in [5.41, 5.74) is 2.68. The largest absolute Gasteiger partial charge is 0.379 e. The van der Waals surface area contributed by atoms with Gasteiger partial charge in [0.05, 0.1) is 19.8 Å². The van der Waals surface area contributed by atoms with Crippen LogP contribution in [0.2, 0.25) is 0 Å². The van der Waals surface area contributed by atoms with Crippen molar-refractivity contribution in [3.05, 3.63) is 44.9 Å². The Morgan fingerprint density at radius 1 is 1.13 bits per heavy atom.